The Morgan fingerprint density at radius 2 is 2.08 bits per heavy atom. The van der Waals surface area contributed by atoms with Gasteiger partial charge in [-0.05, 0) is 24.1 Å². The molecular formula is C17H15N3O3S. The van der Waals surface area contributed by atoms with Gasteiger partial charge in [-0.25, -0.2) is 9.78 Å². The number of carboxylic acid groups (broad SMARTS) is 1. The fourth-order valence-corrected chi connectivity index (χ4v) is 2.97. The Morgan fingerprint density at radius 1 is 1.38 bits per heavy atom. The summed E-state index contributed by atoms with van der Waals surface area (Å²) in [7, 11) is 0. The Bertz CT molecular complexity index is 803. The predicted octanol–water partition coefficient (Wildman–Crippen LogP) is 2.96. The number of rotatable bonds is 7. The van der Waals surface area contributed by atoms with Crippen LogP contribution in [0.2, 0.25) is 0 Å². The summed E-state index contributed by atoms with van der Waals surface area (Å²) < 4.78 is 0. The van der Waals surface area contributed by atoms with Gasteiger partial charge in [0.25, 0.3) is 0 Å². The molecule has 1 heterocycles. The molecule has 2 aromatic rings. The molecule has 0 aliphatic carbocycles. The molecule has 1 aromatic carbocycles. The minimum absolute atomic E-state index is 0.0555. The van der Waals surface area contributed by atoms with Crippen molar-refractivity contribution in [1.82, 2.24) is 10.3 Å². The van der Waals surface area contributed by atoms with E-state index in [9.17, 15) is 14.7 Å². The van der Waals surface area contributed by atoms with E-state index in [1.807, 2.05) is 6.07 Å². The first-order chi connectivity index (χ1) is 11.5. The lowest BCUT2D eigenvalue weighted by atomic mass is 10.1. The van der Waals surface area contributed by atoms with E-state index in [-0.39, 0.29) is 18.1 Å². The van der Waals surface area contributed by atoms with E-state index in [1.54, 1.807) is 30.3 Å². The number of aromatic nitrogens is 1. The smallest absolute Gasteiger partial charge is 0.356 e. The molecular weight excluding hydrogens is 326 g/mol. The van der Waals surface area contributed by atoms with Crippen molar-refractivity contribution in [3.05, 3.63) is 53.2 Å². The fourth-order valence-electron chi connectivity index (χ4n) is 1.97. The first kappa shape index (κ1) is 17.4. The predicted molar refractivity (Wildman–Crippen MR) is 90.5 cm³/mol. The van der Waals surface area contributed by atoms with Crippen LogP contribution in [0.15, 0.2) is 36.9 Å². The number of carbonyl (C=O) groups is 2. The monoisotopic (exact) mass is 341 g/mol. The molecule has 122 valence electrons. The zero-order chi connectivity index (χ0) is 17.5. The van der Waals surface area contributed by atoms with Gasteiger partial charge in [0.05, 0.1) is 23.1 Å². The Kier molecular flexibility index (Phi) is 5.82. The van der Waals surface area contributed by atoms with E-state index >= 15 is 0 Å². The molecule has 6 nitrogen and oxygen atoms in total. The highest BCUT2D eigenvalue weighted by atomic mass is 32.1. The van der Waals surface area contributed by atoms with Crippen LogP contribution in [0.3, 0.4) is 0 Å². The number of carboxylic acids is 1. The normalized spacial score (nSPS) is 9.96. The number of aromatic carboxylic acids is 1. The second-order valence-electron chi connectivity index (χ2n) is 4.88. The Balaban J connectivity index is 2.20. The quantitative estimate of drug-likeness (QED) is 0.754. The third-order valence-corrected chi connectivity index (χ3v) is 4.27. The maximum absolute atomic E-state index is 11.6. The van der Waals surface area contributed by atoms with Crippen LogP contribution in [0.25, 0.3) is 10.4 Å². The van der Waals surface area contributed by atoms with Crippen molar-refractivity contribution in [3.8, 4) is 16.5 Å². The summed E-state index contributed by atoms with van der Waals surface area (Å²) in [6.45, 7) is 3.73. The van der Waals surface area contributed by atoms with E-state index < -0.39 is 5.97 Å². The molecule has 7 heteroatoms. The van der Waals surface area contributed by atoms with Crippen LogP contribution >= 0.6 is 11.3 Å². The molecule has 1 amide bonds. The summed E-state index contributed by atoms with van der Waals surface area (Å²) in [4.78, 5) is 27.6. The zero-order valence-electron chi connectivity index (χ0n) is 12.8. The lowest BCUT2D eigenvalue weighted by Crippen LogP contribution is -2.22. The van der Waals surface area contributed by atoms with Gasteiger partial charge in [-0.1, -0.05) is 18.2 Å². The van der Waals surface area contributed by atoms with Gasteiger partial charge in [0.2, 0.25) is 5.91 Å². The van der Waals surface area contributed by atoms with E-state index in [1.165, 1.54) is 11.3 Å². The summed E-state index contributed by atoms with van der Waals surface area (Å²) in [5.41, 5.74) is 1.11. The van der Waals surface area contributed by atoms with Crippen molar-refractivity contribution in [1.29, 1.82) is 5.26 Å². The van der Waals surface area contributed by atoms with Crippen molar-refractivity contribution in [2.24, 2.45) is 0 Å². The first-order valence-electron chi connectivity index (χ1n) is 7.16. The average Bonchev–Trinajstić information content (AvgIpc) is 3.03. The lowest BCUT2D eigenvalue weighted by Gasteiger charge is -2.00. The molecule has 0 atom stereocenters. The van der Waals surface area contributed by atoms with Crippen molar-refractivity contribution < 1.29 is 14.7 Å². The van der Waals surface area contributed by atoms with E-state index in [0.717, 1.165) is 0 Å². The van der Waals surface area contributed by atoms with Crippen molar-refractivity contribution in [3.63, 3.8) is 0 Å². The van der Waals surface area contributed by atoms with Gasteiger partial charge < -0.3 is 10.4 Å². The third-order valence-electron chi connectivity index (χ3n) is 3.16. The second kappa shape index (κ2) is 8.04. The summed E-state index contributed by atoms with van der Waals surface area (Å²) in [5, 5.41) is 21.4. The number of amides is 1. The van der Waals surface area contributed by atoms with Crippen LogP contribution in [-0.4, -0.2) is 22.0 Å². The van der Waals surface area contributed by atoms with Crippen LogP contribution in [0.4, 0.5) is 0 Å². The highest BCUT2D eigenvalue weighted by molar-refractivity contribution is 7.15. The molecule has 24 heavy (non-hydrogen) atoms. The van der Waals surface area contributed by atoms with Gasteiger partial charge >= 0.3 is 5.97 Å². The van der Waals surface area contributed by atoms with E-state index in [2.05, 4.69) is 16.9 Å². The van der Waals surface area contributed by atoms with Gasteiger partial charge in [0.15, 0.2) is 5.69 Å². The highest BCUT2D eigenvalue weighted by Crippen LogP contribution is 2.30. The molecule has 0 radical (unpaired) electrons. The van der Waals surface area contributed by atoms with Crippen molar-refractivity contribution >= 4 is 23.2 Å². The number of carbonyl (C=O) groups excluding carboxylic acids is 1. The standard InChI is InChI=1S/C17H15N3O3S/c1-2-3-4-13(21)19-10-14-20-15(17(22)23)16(24-14)12-7-5-11(9-18)6-8-12/h2,5-8H,1,3-4,10H2,(H,19,21)(H,22,23). The third kappa shape index (κ3) is 4.27. The molecule has 2 rings (SSSR count). The topological polar surface area (TPSA) is 103 Å². The molecule has 0 aliphatic rings. The van der Waals surface area contributed by atoms with E-state index in [0.29, 0.717) is 33.9 Å². The summed E-state index contributed by atoms with van der Waals surface area (Å²) >= 11 is 1.21. The Morgan fingerprint density at radius 3 is 2.67 bits per heavy atom. The maximum atomic E-state index is 11.6. The Labute approximate surface area is 143 Å². The zero-order valence-corrected chi connectivity index (χ0v) is 13.6. The minimum Gasteiger partial charge on any atom is -0.476 e. The number of thiazole rings is 1. The fraction of sp³-hybridized carbons (Fsp3) is 0.176. The summed E-state index contributed by atoms with van der Waals surface area (Å²) in [6.07, 6.45) is 2.58. The molecule has 0 aliphatic heterocycles. The number of hydrogen-bond donors (Lipinski definition) is 2. The molecule has 0 saturated heterocycles. The Hall–Kier alpha value is -2.98. The maximum Gasteiger partial charge on any atom is 0.356 e. The molecule has 0 saturated carbocycles. The van der Waals surface area contributed by atoms with Gasteiger partial charge in [-0.2, -0.15) is 5.26 Å². The van der Waals surface area contributed by atoms with Gasteiger partial charge in [0.1, 0.15) is 5.01 Å². The molecule has 1 aromatic heterocycles. The van der Waals surface area contributed by atoms with Crippen LogP contribution in [0.5, 0.6) is 0 Å². The van der Waals surface area contributed by atoms with Crippen LogP contribution in [0, 0.1) is 11.3 Å². The number of allylic oxidation sites excluding steroid dienone is 1. The molecule has 0 bridgehead atoms. The molecule has 2 N–H and O–H groups in total. The lowest BCUT2D eigenvalue weighted by molar-refractivity contribution is -0.121. The SMILES string of the molecule is C=CCCC(=O)NCc1nc(C(=O)O)c(-c2ccc(C#N)cc2)s1. The van der Waals surface area contributed by atoms with Crippen LogP contribution in [0.1, 0.15) is 33.9 Å². The van der Waals surface area contributed by atoms with Gasteiger partial charge in [0, 0.05) is 6.42 Å². The van der Waals surface area contributed by atoms with Gasteiger partial charge in [-0.15, -0.1) is 17.9 Å². The van der Waals surface area contributed by atoms with Crippen LogP contribution in [-0.2, 0) is 11.3 Å². The molecule has 0 unspecified atom stereocenters. The number of benzene rings is 1. The highest BCUT2D eigenvalue weighted by Gasteiger charge is 2.19. The summed E-state index contributed by atoms with van der Waals surface area (Å²) in [6, 6.07) is 8.63. The van der Waals surface area contributed by atoms with Gasteiger partial charge in [-0.3, -0.25) is 4.79 Å². The molecule has 0 spiro atoms. The first-order valence-corrected chi connectivity index (χ1v) is 7.98. The molecule has 0 fully saturated rings. The average molecular weight is 341 g/mol. The summed E-state index contributed by atoms with van der Waals surface area (Å²) in [5.74, 6) is -1.27. The number of nitrogens with zero attached hydrogens (tertiary/aromatic N) is 2. The van der Waals surface area contributed by atoms with Crippen LogP contribution < -0.4 is 5.32 Å². The van der Waals surface area contributed by atoms with Crippen molar-refractivity contribution in [2.45, 2.75) is 19.4 Å². The number of nitrogens with one attached hydrogen (secondary N) is 1. The number of nitriles is 1. The minimum atomic E-state index is -1.13. The largest absolute Gasteiger partial charge is 0.476 e. The van der Waals surface area contributed by atoms with E-state index in [4.69, 9.17) is 5.26 Å². The van der Waals surface area contributed by atoms with Crippen molar-refractivity contribution in [2.75, 3.05) is 0 Å². The second-order valence-corrected chi connectivity index (χ2v) is 5.97. The number of hydrogen-bond acceptors (Lipinski definition) is 5.